The Morgan fingerprint density at radius 3 is 2.96 bits per heavy atom. The molecule has 7 heteroatoms. The summed E-state index contributed by atoms with van der Waals surface area (Å²) >= 11 is 1.50. The van der Waals surface area contributed by atoms with Gasteiger partial charge in [-0.15, -0.1) is 11.8 Å². The highest BCUT2D eigenvalue weighted by Gasteiger charge is 2.14. The van der Waals surface area contributed by atoms with E-state index >= 15 is 0 Å². The fraction of sp³-hybridized carbons (Fsp3) is 0.263. The second kappa shape index (κ2) is 7.90. The van der Waals surface area contributed by atoms with Crippen molar-refractivity contribution in [3.63, 3.8) is 0 Å². The average molecular weight is 370 g/mol. The molecule has 0 spiro atoms. The first-order valence-electron chi connectivity index (χ1n) is 8.26. The fourth-order valence-electron chi connectivity index (χ4n) is 2.66. The minimum atomic E-state index is -0.581. The number of benzene rings is 2. The van der Waals surface area contributed by atoms with Crippen LogP contribution < -0.4 is 9.47 Å². The lowest BCUT2D eigenvalue weighted by molar-refractivity contribution is 0.0397. The summed E-state index contributed by atoms with van der Waals surface area (Å²) in [5.41, 5.74) is 1.88. The van der Waals surface area contributed by atoms with Gasteiger partial charge in [0.2, 0.25) is 6.79 Å². The highest BCUT2D eigenvalue weighted by Crippen LogP contribution is 2.32. The van der Waals surface area contributed by atoms with Gasteiger partial charge >= 0.3 is 0 Å². The average Bonchev–Trinajstić information content (AvgIpc) is 3.14. The summed E-state index contributed by atoms with van der Waals surface area (Å²) in [4.78, 5) is 8.56. The fourth-order valence-corrected chi connectivity index (χ4v) is 3.56. The monoisotopic (exact) mass is 370 g/mol. The molecule has 2 heterocycles. The quantitative estimate of drug-likeness (QED) is 0.506. The number of rotatable bonds is 7. The van der Waals surface area contributed by atoms with Crippen LogP contribution in [-0.2, 0) is 11.3 Å². The number of aliphatic hydroxyl groups excluding tert-OH is 1. The number of hydrogen-bond acceptors (Lipinski definition) is 7. The van der Waals surface area contributed by atoms with Crippen molar-refractivity contribution in [3.8, 4) is 11.5 Å². The maximum atomic E-state index is 10.2. The Balaban J connectivity index is 1.27. The van der Waals surface area contributed by atoms with Gasteiger partial charge in [-0.3, -0.25) is 0 Å². The van der Waals surface area contributed by atoms with Gasteiger partial charge < -0.3 is 19.3 Å². The largest absolute Gasteiger partial charge is 0.454 e. The molecule has 3 aromatic rings. The van der Waals surface area contributed by atoms with Gasteiger partial charge in [-0.1, -0.05) is 24.3 Å². The summed E-state index contributed by atoms with van der Waals surface area (Å²) in [5, 5.41) is 12.0. The van der Waals surface area contributed by atoms with Gasteiger partial charge in [-0.2, -0.15) is 0 Å². The number of para-hydroxylation sites is 1. The van der Waals surface area contributed by atoms with Gasteiger partial charge in [0.25, 0.3) is 0 Å². The molecular formula is C19H18N2O4S. The van der Waals surface area contributed by atoms with Crippen LogP contribution in [0.4, 0.5) is 0 Å². The molecule has 0 radical (unpaired) electrons. The van der Waals surface area contributed by atoms with Crippen LogP contribution in [0.5, 0.6) is 11.5 Å². The van der Waals surface area contributed by atoms with E-state index < -0.39 is 6.10 Å². The van der Waals surface area contributed by atoms with Crippen LogP contribution in [0.2, 0.25) is 0 Å². The molecular weight excluding hydrogens is 352 g/mol. The molecule has 1 aromatic heterocycles. The van der Waals surface area contributed by atoms with E-state index in [2.05, 4.69) is 9.97 Å². The molecule has 1 atom stereocenters. The van der Waals surface area contributed by atoms with Crippen LogP contribution in [-0.4, -0.2) is 40.3 Å². The summed E-state index contributed by atoms with van der Waals surface area (Å²) < 4.78 is 16.3. The zero-order valence-corrected chi connectivity index (χ0v) is 14.8. The van der Waals surface area contributed by atoms with E-state index in [1.807, 2.05) is 42.5 Å². The van der Waals surface area contributed by atoms with Crippen LogP contribution in [0.1, 0.15) is 5.56 Å². The molecule has 1 aliphatic rings. The van der Waals surface area contributed by atoms with Crippen LogP contribution in [0.25, 0.3) is 10.9 Å². The third-order valence-corrected chi connectivity index (χ3v) is 5.08. The molecule has 0 aliphatic carbocycles. The summed E-state index contributed by atoms with van der Waals surface area (Å²) in [5.74, 6) is 1.99. The maximum absolute atomic E-state index is 10.2. The van der Waals surface area contributed by atoms with Crippen LogP contribution >= 0.6 is 11.8 Å². The predicted octanol–water partition coefficient (Wildman–Crippen LogP) is 3.03. The Morgan fingerprint density at radius 2 is 2.00 bits per heavy atom. The minimum absolute atomic E-state index is 0.254. The van der Waals surface area contributed by atoms with Crippen molar-refractivity contribution in [1.29, 1.82) is 0 Å². The molecule has 1 N–H and O–H groups in total. The number of fused-ring (bicyclic) bond motifs is 2. The normalized spacial score (nSPS) is 13.9. The highest BCUT2D eigenvalue weighted by molar-refractivity contribution is 7.99. The predicted molar refractivity (Wildman–Crippen MR) is 98.5 cm³/mol. The van der Waals surface area contributed by atoms with Crippen LogP contribution in [0, 0.1) is 0 Å². The standard InChI is InChI=1S/C19H18N2O4S/c22-14(9-23-8-13-5-6-17-18(7-13)25-12-24-17)10-26-19-15-3-1-2-4-16(15)20-11-21-19/h1-7,11,14,22H,8-10,12H2/t14-/m0/s1. The van der Waals surface area contributed by atoms with Crippen molar-refractivity contribution in [2.75, 3.05) is 19.2 Å². The summed E-state index contributed by atoms with van der Waals surface area (Å²) in [6.07, 6.45) is 0.968. The van der Waals surface area contributed by atoms with E-state index in [0.29, 0.717) is 12.4 Å². The first-order chi connectivity index (χ1) is 12.8. The van der Waals surface area contributed by atoms with Crippen LogP contribution in [0.15, 0.2) is 53.8 Å². The van der Waals surface area contributed by atoms with E-state index in [-0.39, 0.29) is 13.4 Å². The Bertz CT molecular complexity index is 900. The van der Waals surface area contributed by atoms with Gasteiger partial charge in [0, 0.05) is 11.1 Å². The second-order valence-electron chi connectivity index (χ2n) is 5.86. The number of aromatic nitrogens is 2. The minimum Gasteiger partial charge on any atom is -0.454 e. The number of hydrogen-bond donors (Lipinski definition) is 1. The number of aliphatic hydroxyl groups is 1. The molecule has 0 amide bonds. The van der Waals surface area contributed by atoms with Crippen molar-refractivity contribution in [2.45, 2.75) is 17.7 Å². The van der Waals surface area contributed by atoms with Crippen molar-refractivity contribution in [3.05, 3.63) is 54.4 Å². The molecule has 0 saturated heterocycles. The van der Waals surface area contributed by atoms with E-state index in [1.165, 1.54) is 11.8 Å². The first kappa shape index (κ1) is 17.1. The summed E-state index contributed by atoms with van der Waals surface area (Å²) in [7, 11) is 0. The molecule has 2 aromatic carbocycles. The summed E-state index contributed by atoms with van der Waals surface area (Å²) in [6, 6.07) is 13.5. The lowest BCUT2D eigenvalue weighted by Gasteiger charge is -2.12. The van der Waals surface area contributed by atoms with Gasteiger partial charge in [0.05, 0.1) is 24.8 Å². The highest BCUT2D eigenvalue weighted by atomic mass is 32.2. The Hall–Kier alpha value is -2.35. The lowest BCUT2D eigenvalue weighted by Crippen LogP contribution is -2.18. The van der Waals surface area contributed by atoms with Gasteiger partial charge in [0.15, 0.2) is 11.5 Å². The topological polar surface area (TPSA) is 73.7 Å². The van der Waals surface area contributed by atoms with E-state index in [0.717, 1.165) is 33.0 Å². The van der Waals surface area contributed by atoms with Crippen molar-refractivity contribution < 1.29 is 19.3 Å². The van der Waals surface area contributed by atoms with E-state index in [9.17, 15) is 5.11 Å². The lowest BCUT2D eigenvalue weighted by atomic mass is 10.2. The molecule has 26 heavy (non-hydrogen) atoms. The van der Waals surface area contributed by atoms with Crippen molar-refractivity contribution >= 4 is 22.7 Å². The Morgan fingerprint density at radius 1 is 1.12 bits per heavy atom. The molecule has 1 aliphatic heterocycles. The number of nitrogens with zero attached hydrogens (tertiary/aromatic N) is 2. The number of thioether (sulfide) groups is 1. The maximum Gasteiger partial charge on any atom is 0.231 e. The van der Waals surface area contributed by atoms with Crippen molar-refractivity contribution in [2.24, 2.45) is 0 Å². The van der Waals surface area contributed by atoms with Crippen molar-refractivity contribution in [1.82, 2.24) is 9.97 Å². The van der Waals surface area contributed by atoms with E-state index in [4.69, 9.17) is 14.2 Å². The zero-order chi connectivity index (χ0) is 17.8. The molecule has 4 rings (SSSR count). The second-order valence-corrected chi connectivity index (χ2v) is 6.87. The third kappa shape index (κ3) is 3.90. The van der Waals surface area contributed by atoms with Gasteiger partial charge in [-0.05, 0) is 23.8 Å². The zero-order valence-electron chi connectivity index (χ0n) is 14.0. The Labute approximate surface area is 155 Å². The summed E-state index contributed by atoms with van der Waals surface area (Å²) in [6.45, 7) is 0.923. The molecule has 134 valence electrons. The molecule has 6 nitrogen and oxygen atoms in total. The van der Waals surface area contributed by atoms with Gasteiger partial charge in [0.1, 0.15) is 11.4 Å². The SMILES string of the molecule is O[C@@H](COCc1ccc2c(c1)OCO2)CSc1ncnc2ccccc12. The molecule has 0 unspecified atom stereocenters. The Kier molecular flexibility index (Phi) is 5.19. The smallest absolute Gasteiger partial charge is 0.231 e. The first-order valence-corrected chi connectivity index (χ1v) is 9.25. The molecule has 0 bridgehead atoms. The van der Waals surface area contributed by atoms with Gasteiger partial charge in [-0.25, -0.2) is 9.97 Å². The molecule has 0 saturated carbocycles. The number of ether oxygens (including phenoxy) is 3. The van der Waals surface area contributed by atoms with Crippen LogP contribution in [0.3, 0.4) is 0 Å². The third-order valence-electron chi connectivity index (χ3n) is 3.93. The van der Waals surface area contributed by atoms with E-state index in [1.54, 1.807) is 6.33 Å². The molecule has 0 fully saturated rings.